The summed E-state index contributed by atoms with van der Waals surface area (Å²) in [5, 5.41) is 7.38. The van der Waals surface area contributed by atoms with Crippen LogP contribution in [-0.2, 0) is 13.6 Å². The zero-order chi connectivity index (χ0) is 14.0. The Hall–Kier alpha value is -1.63. The lowest BCUT2D eigenvalue weighted by Gasteiger charge is -2.32. The zero-order valence-corrected chi connectivity index (χ0v) is 11.8. The molecule has 0 aromatic carbocycles. The van der Waals surface area contributed by atoms with E-state index in [1.807, 2.05) is 6.92 Å². The second kappa shape index (κ2) is 5.40. The van der Waals surface area contributed by atoms with Crippen LogP contribution in [0, 0.1) is 0 Å². The molecule has 2 aromatic rings. The first kappa shape index (κ1) is 13.4. The van der Waals surface area contributed by atoms with Crippen LogP contribution in [0.1, 0.15) is 24.9 Å². The second-order valence-electron chi connectivity index (χ2n) is 4.49. The van der Waals surface area contributed by atoms with E-state index in [0.29, 0.717) is 18.8 Å². The van der Waals surface area contributed by atoms with Gasteiger partial charge in [-0.05, 0) is 25.5 Å². The van der Waals surface area contributed by atoms with Crippen LogP contribution < -0.4 is 5.43 Å². The molecule has 1 aliphatic heterocycles. The third-order valence-electron chi connectivity index (χ3n) is 2.94. The van der Waals surface area contributed by atoms with E-state index in [1.165, 1.54) is 23.6 Å². The summed E-state index contributed by atoms with van der Waals surface area (Å²) in [7, 11) is -3.39. The largest absolute Gasteiger partial charge is 0.466 e. The molecule has 0 saturated carbocycles. The molecule has 0 spiro atoms. The molecule has 0 bridgehead atoms. The average Bonchev–Trinajstić information content (AvgIpc) is 3.09. The molecule has 0 amide bonds. The number of aromatic nitrogens is 3. The van der Waals surface area contributed by atoms with Crippen LogP contribution in [0.25, 0.3) is 0 Å². The van der Waals surface area contributed by atoms with Crippen molar-refractivity contribution in [1.82, 2.24) is 14.9 Å². The molecule has 1 N–H and O–H groups in total. The summed E-state index contributed by atoms with van der Waals surface area (Å²) in [6, 6.07) is 3.43. The maximum Gasteiger partial charge on any atom is 0.362 e. The monoisotopic (exact) mass is 298 g/mol. The molecule has 8 nitrogen and oxygen atoms in total. The van der Waals surface area contributed by atoms with Crippen molar-refractivity contribution in [2.24, 2.45) is 0 Å². The number of furan rings is 1. The first-order valence-corrected chi connectivity index (χ1v) is 7.86. The van der Waals surface area contributed by atoms with E-state index in [1.54, 1.807) is 12.1 Å². The van der Waals surface area contributed by atoms with Gasteiger partial charge < -0.3 is 18.9 Å². The normalized spacial score (nSPS) is 28.1. The number of nitrogens with zero attached hydrogens (tertiary/aromatic N) is 3. The average molecular weight is 298 g/mol. The molecule has 2 aromatic heterocycles. The Kier molecular flexibility index (Phi) is 3.60. The molecule has 3 rings (SSSR count). The fraction of sp³-hybridized carbons (Fsp3) is 0.455. The predicted octanol–water partition coefficient (Wildman–Crippen LogP) is 2.13. The van der Waals surface area contributed by atoms with Crippen molar-refractivity contribution in [3.8, 4) is 0 Å². The highest BCUT2D eigenvalue weighted by molar-refractivity contribution is 7.54. The van der Waals surface area contributed by atoms with Crippen molar-refractivity contribution in [3.05, 3.63) is 36.8 Å². The summed E-state index contributed by atoms with van der Waals surface area (Å²) < 4.78 is 30.8. The standard InChI is InChI=1S/C11H15N4O4P/c1-9-4-6-18-20(16,19-9)11(10-3-2-5-17-10)14-15-7-12-13-8-15/h2-3,5,7-9,11,14H,4,6H2,1H3. The van der Waals surface area contributed by atoms with Gasteiger partial charge in [0.15, 0.2) is 0 Å². The van der Waals surface area contributed by atoms with E-state index < -0.39 is 13.4 Å². The number of rotatable bonds is 4. The molecule has 3 atom stereocenters. The number of hydrogen-bond acceptors (Lipinski definition) is 7. The SMILES string of the molecule is CC1CCOP(=O)(C(Nn2cnnc2)c2ccco2)O1. The van der Waals surface area contributed by atoms with Crippen LogP contribution >= 0.6 is 7.60 Å². The van der Waals surface area contributed by atoms with E-state index in [2.05, 4.69) is 15.6 Å². The van der Waals surface area contributed by atoms with Crippen LogP contribution in [0.2, 0.25) is 0 Å². The highest BCUT2D eigenvalue weighted by Gasteiger charge is 2.43. The molecule has 1 fully saturated rings. The van der Waals surface area contributed by atoms with Crippen molar-refractivity contribution in [2.75, 3.05) is 12.0 Å². The van der Waals surface area contributed by atoms with Gasteiger partial charge in [0.05, 0.1) is 19.0 Å². The molecular formula is C11H15N4O4P. The molecule has 108 valence electrons. The minimum Gasteiger partial charge on any atom is -0.466 e. The second-order valence-corrected chi connectivity index (χ2v) is 6.56. The molecule has 0 aliphatic carbocycles. The van der Waals surface area contributed by atoms with E-state index in [9.17, 15) is 4.57 Å². The molecule has 9 heteroatoms. The summed E-state index contributed by atoms with van der Waals surface area (Å²) in [6.45, 7) is 2.26. The molecular weight excluding hydrogens is 283 g/mol. The fourth-order valence-electron chi connectivity index (χ4n) is 1.96. The topological polar surface area (TPSA) is 91.4 Å². The minimum absolute atomic E-state index is 0.130. The smallest absolute Gasteiger partial charge is 0.362 e. The van der Waals surface area contributed by atoms with Crippen molar-refractivity contribution in [2.45, 2.75) is 25.2 Å². The van der Waals surface area contributed by atoms with Crippen molar-refractivity contribution in [3.63, 3.8) is 0 Å². The summed E-state index contributed by atoms with van der Waals surface area (Å²) >= 11 is 0. The van der Waals surface area contributed by atoms with Crippen molar-refractivity contribution in [1.29, 1.82) is 0 Å². The van der Waals surface area contributed by atoms with E-state index in [-0.39, 0.29) is 6.10 Å². The number of hydrogen-bond donors (Lipinski definition) is 1. The van der Waals surface area contributed by atoms with Gasteiger partial charge in [-0.2, -0.15) is 0 Å². The maximum absolute atomic E-state index is 12.9. The molecule has 3 unspecified atom stereocenters. The van der Waals surface area contributed by atoms with Crippen LogP contribution in [-0.4, -0.2) is 27.6 Å². The molecule has 1 aliphatic rings. The van der Waals surface area contributed by atoms with E-state index >= 15 is 0 Å². The molecule has 0 radical (unpaired) electrons. The van der Waals surface area contributed by atoms with Gasteiger partial charge in [-0.1, -0.05) is 0 Å². The van der Waals surface area contributed by atoms with Crippen LogP contribution in [0.5, 0.6) is 0 Å². The van der Waals surface area contributed by atoms with Crippen molar-refractivity contribution >= 4 is 7.60 Å². The van der Waals surface area contributed by atoms with Crippen LogP contribution in [0.3, 0.4) is 0 Å². The molecule has 3 heterocycles. The molecule has 20 heavy (non-hydrogen) atoms. The van der Waals surface area contributed by atoms with E-state index in [4.69, 9.17) is 13.5 Å². The van der Waals surface area contributed by atoms with Gasteiger partial charge in [-0.25, -0.2) is 4.68 Å². The fourth-order valence-corrected chi connectivity index (χ4v) is 3.99. The van der Waals surface area contributed by atoms with E-state index in [0.717, 1.165) is 0 Å². The van der Waals surface area contributed by atoms with Gasteiger partial charge in [0.25, 0.3) is 0 Å². The highest BCUT2D eigenvalue weighted by Crippen LogP contribution is 2.62. The minimum atomic E-state index is -3.39. The summed E-state index contributed by atoms with van der Waals surface area (Å²) in [6.07, 6.45) is 5.00. The lowest BCUT2D eigenvalue weighted by atomic mass is 10.3. The van der Waals surface area contributed by atoms with Gasteiger partial charge in [0.2, 0.25) is 5.78 Å². The highest BCUT2D eigenvalue weighted by atomic mass is 31.2. The first-order chi connectivity index (χ1) is 9.67. The van der Waals surface area contributed by atoms with Gasteiger partial charge in [0.1, 0.15) is 18.4 Å². The maximum atomic E-state index is 12.9. The van der Waals surface area contributed by atoms with Gasteiger partial charge in [-0.15, -0.1) is 10.2 Å². The lowest BCUT2D eigenvalue weighted by molar-refractivity contribution is 0.0870. The van der Waals surface area contributed by atoms with Gasteiger partial charge in [-0.3, -0.25) is 4.57 Å². The Morgan fingerprint density at radius 3 is 2.95 bits per heavy atom. The third-order valence-corrected chi connectivity index (χ3v) is 5.14. The van der Waals surface area contributed by atoms with Crippen LogP contribution in [0.15, 0.2) is 35.5 Å². The Bertz CT molecular complexity index is 586. The quantitative estimate of drug-likeness (QED) is 0.864. The lowest BCUT2D eigenvalue weighted by Crippen LogP contribution is -2.26. The Morgan fingerprint density at radius 1 is 1.50 bits per heavy atom. The Balaban J connectivity index is 1.91. The summed E-state index contributed by atoms with van der Waals surface area (Å²) in [5.74, 6) is -0.285. The first-order valence-electron chi connectivity index (χ1n) is 6.24. The molecule has 1 saturated heterocycles. The predicted molar refractivity (Wildman–Crippen MR) is 69.6 cm³/mol. The zero-order valence-electron chi connectivity index (χ0n) is 10.9. The summed E-state index contributed by atoms with van der Waals surface area (Å²) in [5.41, 5.74) is 2.98. The Morgan fingerprint density at radius 2 is 2.30 bits per heavy atom. The van der Waals surface area contributed by atoms with Crippen LogP contribution in [0.4, 0.5) is 0 Å². The summed E-state index contributed by atoms with van der Waals surface area (Å²) in [4.78, 5) is 0. The third kappa shape index (κ3) is 2.63. The van der Waals surface area contributed by atoms with Gasteiger partial charge in [0, 0.05) is 0 Å². The van der Waals surface area contributed by atoms with Gasteiger partial charge >= 0.3 is 7.60 Å². The van der Waals surface area contributed by atoms with Crippen molar-refractivity contribution < 1.29 is 18.0 Å². The Labute approximate surface area is 115 Å². The number of nitrogens with one attached hydrogen (secondary N) is 1.